The van der Waals surface area contributed by atoms with Crippen LogP contribution >= 0.6 is 0 Å². The minimum atomic E-state index is 0.933. The number of anilines is 1. The minimum absolute atomic E-state index is 0.933. The Hall–Kier alpha value is -1.51. The molecule has 2 aliphatic rings. The Morgan fingerprint density at radius 2 is 2.00 bits per heavy atom. The first-order valence-corrected chi connectivity index (χ1v) is 7.00. The van der Waals surface area contributed by atoms with Crippen molar-refractivity contribution >= 4 is 16.6 Å². The van der Waals surface area contributed by atoms with Gasteiger partial charge in [-0.1, -0.05) is 18.6 Å². The number of aromatic nitrogens is 2. The molecule has 1 aromatic heterocycles. The fourth-order valence-corrected chi connectivity index (χ4v) is 3.93. The first kappa shape index (κ1) is 10.4. The summed E-state index contributed by atoms with van der Waals surface area (Å²) in [5, 5.41) is 8.60. The van der Waals surface area contributed by atoms with Crippen LogP contribution < -0.4 is 4.90 Å². The van der Waals surface area contributed by atoms with Gasteiger partial charge in [-0.05, 0) is 37.2 Å². The summed E-state index contributed by atoms with van der Waals surface area (Å²) in [4.78, 5) is 2.59. The number of H-pyrrole nitrogens is 1. The van der Waals surface area contributed by atoms with E-state index in [0.717, 1.165) is 11.8 Å². The minimum Gasteiger partial charge on any atom is -0.369 e. The highest BCUT2D eigenvalue weighted by Gasteiger charge is 2.37. The van der Waals surface area contributed by atoms with E-state index in [1.54, 1.807) is 0 Å². The highest BCUT2D eigenvalue weighted by Crippen LogP contribution is 2.41. The van der Waals surface area contributed by atoms with Gasteiger partial charge in [0.15, 0.2) is 0 Å². The summed E-state index contributed by atoms with van der Waals surface area (Å²) in [7, 11) is 0. The van der Waals surface area contributed by atoms with Crippen molar-refractivity contribution in [1.29, 1.82) is 0 Å². The number of aromatic amines is 1. The van der Waals surface area contributed by atoms with Crippen LogP contribution in [0.2, 0.25) is 0 Å². The summed E-state index contributed by atoms with van der Waals surface area (Å²) in [6, 6.07) is 4.38. The van der Waals surface area contributed by atoms with Gasteiger partial charge in [-0.3, -0.25) is 5.10 Å². The zero-order chi connectivity index (χ0) is 12.1. The van der Waals surface area contributed by atoms with Gasteiger partial charge >= 0.3 is 0 Å². The SMILES string of the molecule is Cc1ccc2cn[nH]c2c1N1CC2CCCC2C1. The molecule has 18 heavy (non-hydrogen) atoms. The second kappa shape index (κ2) is 3.74. The summed E-state index contributed by atoms with van der Waals surface area (Å²) < 4.78 is 0. The maximum absolute atomic E-state index is 4.19. The molecule has 1 aliphatic heterocycles. The predicted molar refractivity (Wildman–Crippen MR) is 73.9 cm³/mol. The Labute approximate surface area is 107 Å². The van der Waals surface area contributed by atoms with Crippen LogP contribution in [-0.2, 0) is 0 Å². The average Bonchev–Trinajstić information content (AvgIpc) is 3.01. The molecule has 2 atom stereocenters. The van der Waals surface area contributed by atoms with Crippen LogP contribution in [0.5, 0.6) is 0 Å². The third kappa shape index (κ3) is 1.39. The van der Waals surface area contributed by atoms with Crippen LogP contribution in [0.15, 0.2) is 18.3 Å². The topological polar surface area (TPSA) is 31.9 Å². The number of nitrogens with one attached hydrogen (secondary N) is 1. The molecule has 1 aromatic carbocycles. The molecule has 2 heterocycles. The van der Waals surface area contributed by atoms with Crippen molar-refractivity contribution in [3.63, 3.8) is 0 Å². The van der Waals surface area contributed by atoms with E-state index in [1.807, 2.05) is 6.20 Å². The molecule has 1 aliphatic carbocycles. The van der Waals surface area contributed by atoms with Gasteiger partial charge in [-0.15, -0.1) is 0 Å². The van der Waals surface area contributed by atoms with Gasteiger partial charge in [0.2, 0.25) is 0 Å². The third-order valence-electron chi connectivity index (χ3n) is 4.83. The number of hydrogen-bond acceptors (Lipinski definition) is 2. The molecule has 94 valence electrons. The molecular formula is C15H19N3. The van der Waals surface area contributed by atoms with Crippen molar-refractivity contribution in [3.05, 3.63) is 23.9 Å². The standard InChI is InChI=1S/C15H19N3/c1-10-5-6-11-7-16-17-14(11)15(10)18-8-12-3-2-4-13(12)9-18/h5-7,12-13H,2-4,8-9H2,1H3,(H,16,17). The van der Waals surface area contributed by atoms with E-state index in [9.17, 15) is 0 Å². The lowest BCUT2D eigenvalue weighted by molar-refractivity contribution is 0.494. The number of fused-ring (bicyclic) bond motifs is 2. The maximum atomic E-state index is 4.19. The van der Waals surface area contributed by atoms with E-state index in [4.69, 9.17) is 0 Å². The fourth-order valence-electron chi connectivity index (χ4n) is 3.93. The Kier molecular flexibility index (Phi) is 2.16. The van der Waals surface area contributed by atoms with Gasteiger partial charge < -0.3 is 4.90 Å². The van der Waals surface area contributed by atoms with Gasteiger partial charge in [0.1, 0.15) is 0 Å². The van der Waals surface area contributed by atoms with Gasteiger partial charge in [0.25, 0.3) is 0 Å². The predicted octanol–water partition coefficient (Wildman–Crippen LogP) is 3.11. The molecule has 1 saturated carbocycles. The monoisotopic (exact) mass is 241 g/mol. The molecule has 0 bridgehead atoms. The van der Waals surface area contributed by atoms with Crippen molar-refractivity contribution in [2.75, 3.05) is 18.0 Å². The van der Waals surface area contributed by atoms with E-state index in [0.29, 0.717) is 0 Å². The van der Waals surface area contributed by atoms with Crippen LogP contribution in [0.25, 0.3) is 10.9 Å². The van der Waals surface area contributed by atoms with Crippen molar-refractivity contribution in [3.8, 4) is 0 Å². The molecule has 0 amide bonds. The highest BCUT2D eigenvalue weighted by atomic mass is 15.2. The first-order valence-electron chi connectivity index (χ1n) is 7.00. The molecular weight excluding hydrogens is 222 g/mol. The quantitative estimate of drug-likeness (QED) is 0.832. The van der Waals surface area contributed by atoms with E-state index in [2.05, 4.69) is 34.2 Å². The van der Waals surface area contributed by atoms with E-state index < -0.39 is 0 Å². The second-order valence-electron chi connectivity index (χ2n) is 5.92. The lowest BCUT2D eigenvalue weighted by Crippen LogP contribution is -2.22. The van der Waals surface area contributed by atoms with Gasteiger partial charge in [-0.2, -0.15) is 5.10 Å². The van der Waals surface area contributed by atoms with Gasteiger partial charge in [0.05, 0.1) is 17.4 Å². The summed E-state index contributed by atoms with van der Waals surface area (Å²) in [5.74, 6) is 1.87. The largest absolute Gasteiger partial charge is 0.369 e. The Morgan fingerprint density at radius 3 is 2.78 bits per heavy atom. The van der Waals surface area contributed by atoms with Crippen LogP contribution in [0.3, 0.4) is 0 Å². The highest BCUT2D eigenvalue weighted by molar-refractivity contribution is 5.92. The smallest absolute Gasteiger partial charge is 0.0886 e. The Morgan fingerprint density at radius 1 is 1.22 bits per heavy atom. The zero-order valence-corrected chi connectivity index (χ0v) is 10.8. The number of nitrogens with zero attached hydrogens (tertiary/aromatic N) is 2. The van der Waals surface area contributed by atoms with Crippen LogP contribution in [-0.4, -0.2) is 23.3 Å². The van der Waals surface area contributed by atoms with Crippen LogP contribution in [0.1, 0.15) is 24.8 Å². The molecule has 3 nitrogen and oxygen atoms in total. The first-order chi connectivity index (χ1) is 8.83. The van der Waals surface area contributed by atoms with Crippen molar-refractivity contribution < 1.29 is 0 Å². The van der Waals surface area contributed by atoms with Crippen molar-refractivity contribution in [2.45, 2.75) is 26.2 Å². The van der Waals surface area contributed by atoms with E-state index in [1.165, 1.54) is 54.5 Å². The number of hydrogen-bond donors (Lipinski definition) is 1. The number of rotatable bonds is 1. The molecule has 2 aromatic rings. The normalized spacial score (nSPS) is 27.1. The average molecular weight is 241 g/mol. The third-order valence-corrected chi connectivity index (χ3v) is 4.83. The molecule has 0 radical (unpaired) electrons. The molecule has 3 heteroatoms. The fraction of sp³-hybridized carbons (Fsp3) is 0.533. The molecule has 1 saturated heterocycles. The second-order valence-corrected chi connectivity index (χ2v) is 5.92. The van der Waals surface area contributed by atoms with Crippen molar-refractivity contribution in [1.82, 2.24) is 10.2 Å². The van der Waals surface area contributed by atoms with Crippen LogP contribution in [0, 0.1) is 18.8 Å². The summed E-state index contributed by atoms with van der Waals surface area (Å²) in [6.45, 7) is 4.69. The van der Waals surface area contributed by atoms with E-state index in [-0.39, 0.29) is 0 Å². The lowest BCUT2D eigenvalue weighted by Gasteiger charge is -2.22. The number of aryl methyl sites for hydroxylation is 1. The Bertz CT molecular complexity index is 574. The molecule has 1 N–H and O–H groups in total. The Balaban J connectivity index is 1.78. The number of benzene rings is 1. The lowest BCUT2D eigenvalue weighted by atomic mass is 10.0. The molecule has 2 unspecified atom stereocenters. The van der Waals surface area contributed by atoms with Crippen LogP contribution in [0.4, 0.5) is 5.69 Å². The molecule has 0 spiro atoms. The van der Waals surface area contributed by atoms with Crippen molar-refractivity contribution in [2.24, 2.45) is 11.8 Å². The van der Waals surface area contributed by atoms with E-state index >= 15 is 0 Å². The maximum Gasteiger partial charge on any atom is 0.0886 e. The molecule has 4 rings (SSSR count). The summed E-state index contributed by atoms with van der Waals surface area (Å²) in [5.41, 5.74) is 3.97. The summed E-state index contributed by atoms with van der Waals surface area (Å²) in [6.07, 6.45) is 6.23. The molecule has 2 fully saturated rings. The van der Waals surface area contributed by atoms with Gasteiger partial charge in [0, 0.05) is 18.5 Å². The summed E-state index contributed by atoms with van der Waals surface area (Å²) >= 11 is 0. The van der Waals surface area contributed by atoms with Gasteiger partial charge in [-0.25, -0.2) is 0 Å². The zero-order valence-electron chi connectivity index (χ0n) is 10.8.